The monoisotopic (exact) mass is 148 g/mol. The van der Waals surface area contributed by atoms with Crippen LogP contribution >= 0.6 is 11.6 Å². The Kier molecular flexibility index (Phi) is 4.50. The lowest BCUT2D eigenvalue weighted by Crippen LogP contribution is -2.16. The molecule has 0 aliphatic carbocycles. The van der Waals surface area contributed by atoms with Gasteiger partial charge in [0, 0.05) is 20.6 Å². The Hall–Kier alpha value is -0.240. The van der Waals surface area contributed by atoms with E-state index in [4.69, 9.17) is 11.6 Å². The SMILES string of the molecule is CCCN=C(Cl)N(C)C. The molecule has 3 heteroatoms. The normalized spacial score (nSPS) is 11.8. The Morgan fingerprint density at radius 3 is 2.44 bits per heavy atom. The summed E-state index contributed by atoms with van der Waals surface area (Å²) in [5.74, 6) is 0. The lowest BCUT2D eigenvalue weighted by Gasteiger charge is -2.07. The van der Waals surface area contributed by atoms with Crippen LogP contribution in [-0.4, -0.2) is 30.8 Å². The van der Waals surface area contributed by atoms with Gasteiger partial charge in [0.05, 0.1) is 0 Å². The van der Waals surface area contributed by atoms with E-state index in [-0.39, 0.29) is 0 Å². The molecule has 0 bridgehead atoms. The second-order valence-corrected chi connectivity index (χ2v) is 2.38. The summed E-state index contributed by atoms with van der Waals surface area (Å²) in [4.78, 5) is 5.84. The van der Waals surface area contributed by atoms with Gasteiger partial charge in [-0.1, -0.05) is 6.92 Å². The zero-order valence-corrected chi connectivity index (χ0v) is 6.94. The Morgan fingerprint density at radius 2 is 2.11 bits per heavy atom. The van der Waals surface area contributed by atoms with Crippen molar-refractivity contribution in [1.82, 2.24) is 4.90 Å². The quantitative estimate of drug-likeness (QED) is 0.330. The van der Waals surface area contributed by atoms with Gasteiger partial charge in [0.25, 0.3) is 0 Å². The van der Waals surface area contributed by atoms with Gasteiger partial charge in [0.1, 0.15) is 0 Å². The van der Waals surface area contributed by atoms with Crippen LogP contribution in [0.3, 0.4) is 0 Å². The molecule has 0 aliphatic heterocycles. The maximum atomic E-state index is 5.67. The molecule has 0 fully saturated rings. The van der Waals surface area contributed by atoms with E-state index in [1.807, 2.05) is 14.1 Å². The van der Waals surface area contributed by atoms with Crippen molar-refractivity contribution in [3.63, 3.8) is 0 Å². The van der Waals surface area contributed by atoms with Crippen molar-refractivity contribution in [3.8, 4) is 0 Å². The molecule has 0 aromatic carbocycles. The number of amidine groups is 1. The van der Waals surface area contributed by atoms with Crippen molar-refractivity contribution in [2.24, 2.45) is 4.99 Å². The fourth-order valence-electron chi connectivity index (χ4n) is 0.345. The summed E-state index contributed by atoms with van der Waals surface area (Å²) in [6.07, 6.45) is 1.05. The fraction of sp³-hybridized carbons (Fsp3) is 0.833. The van der Waals surface area contributed by atoms with E-state index in [2.05, 4.69) is 11.9 Å². The maximum Gasteiger partial charge on any atom is 0.193 e. The van der Waals surface area contributed by atoms with Gasteiger partial charge in [0.2, 0.25) is 0 Å². The summed E-state index contributed by atoms with van der Waals surface area (Å²) in [6, 6.07) is 0. The number of halogens is 1. The molecule has 0 unspecified atom stereocenters. The molecule has 0 saturated carbocycles. The molecule has 0 radical (unpaired) electrons. The minimum absolute atomic E-state index is 0.580. The van der Waals surface area contributed by atoms with Crippen LogP contribution in [0, 0.1) is 0 Å². The van der Waals surface area contributed by atoms with Gasteiger partial charge >= 0.3 is 0 Å². The minimum Gasteiger partial charge on any atom is -0.353 e. The minimum atomic E-state index is 0.580. The van der Waals surface area contributed by atoms with E-state index in [1.54, 1.807) is 4.90 Å². The van der Waals surface area contributed by atoms with Crippen molar-refractivity contribution in [2.75, 3.05) is 20.6 Å². The Bertz CT molecular complexity index is 99.2. The maximum absolute atomic E-state index is 5.67. The van der Waals surface area contributed by atoms with E-state index in [0.29, 0.717) is 5.29 Å². The lowest BCUT2D eigenvalue weighted by molar-refractivity contribution is 0.629. The number of rotatable bonds is 2. The van der Waals surface area contributed by atoms with Gasteiger partial charge in [0.15, 0.2) is 5.29 Å². The molecule has 0 aromatic rings. The van der Waals surface area contributed by atoms with Gasteiger partial charge in [-0.2, -0.15) is 0 Å². The third kappa shape index (κ3) is 4.28. The Morgan fingerprint density at radius 1 is 1.56 bits per heavy atom. The Labute approximate surface area is 61.5 Å². The molecular weight excluding hydrogens is 136 g/mol. The molecule has 9 heavy (non-hydrogen) atoms. The lowest BCUT2D eigenvalue weighted by atomic mass is 10.5. The highest BCUT2D eigenvalue weighted by Crippen LogP contribution is 1.90. The third-order valence-electron chi connectivity index (χ3n) is 0.835. The topological polar surface area (TPSA) is 15.6 Å². The molecule has 0 aromatic heterocycles. The molecule has 0 spiro atoms. The molecular formula is C6H13ClN2. The van der Waals surface area contributed by atoms with Gasteiger partial charge in [-0.05, 0) is 18.0 Å². The molecule has 54 valence electrons. The van der Waals surface area contributed by atoms with E-state index in [1.165, 1.54) is 0 Å². The van der Waals surface area contributed by atoms with Crippen molar-refractivity contribution >= 4 is 16.9 Å². The molecule has 2 nitrogen and oxygen atoms in total. The summed E-state index contributed by atoms with van der Waals surface area (Å²) in [7, 11) is 3.75. The number of aliphatic imine (C=N–C) groups is 1. The first-order valence-electron chi connectivity index (χ1n) is 3.05. The average molecular weight is 149 g/mol. The Balaban J connectivity index is 3.55. The summed E-state index contributed by atoms with van der Waals surface area (Å²) in [5, 5.41) is 0.580. The molecule has 0 heterocycles. The van der Waals surface area contributed by atoms with E-state index in [9.17, 15) is 0 Å². The van der Waals surface area contributed by atoms with Crippen molar-refractivity contribution < 1.29 is 0 Å². The van der Waals surface area contributed by atoms with E-state index in [0.717, 1.165) is 13.0 Å². The highest BCUT2D eigenvalue weighted by Gasteiger charge is 1.91. The van der Waals surface area contributed by atoms with Gasteiger partial charge < -0.3 is 4.90 Å². The molecule has 0 atom stereocenters. The van der Waals surface area contributed by atoms with E-state index < -0.39 is 0 Å². The number of hydrogen-bond acceptors (Lipinski definition) is 1. The van der Waals surface area contributed by atoms with E-state index >= 15 is 0 Å². The van der Waals surface area contributed by atoms with Crippen LogP contribution in [0.1, 0.15) is 13.3 Å². The second-order valence-electron chi connectivity index (χ2n) is 2.05. The number of hydrogen-bond donors (Lipinski definition) is 0. The van der Waals surface area contributed by atoms with Crippen LogP contribution in [0.2, 0.25) is 0 Å². The molecule has 0 N–H and O–H groups in total. The molecule has 0 amide bonds. The first-order valence-corrected chi connectivity index (χ1v) is 3.43. The van der Waals surface area contributed by atoms with Crippen molar-refractivity contribution in [3.05, 3.63) is 0 Å². The summed E-state index contributed by atoms with van der Waals surface area (Å²) < 4.78 is 0. The highest BCUT2D eigenvalue weighted by molar-refractivity contribution is 6.64. The van der Waals surface area contributed by atoms with Gasteiger partial charge in [-0.15, -0.1) is 0 Å². The van der Waals surface area contributed by atoms with Crippen LogP contribution in [0.5, 0.6) is 0 Å². The van der Waals surface area contributed by atoms with Crippen LogP contribution in [0.4, 0.5) is 0 Å². The van der Waals surface area contributed by atoms with Crippen molar-refractivity contribution in [2.45, 2.75) is 13.3 Å². The zero-order chi connectivity index (χ0) is 7.28. The highest BCUT2D eigenvalue weighted by atomic mass is 35.5. The first-order chi connectivity index (χ1) is 4.18. The van der Waals surface area contributed by atoms with Gasteiger partial charge in [-0.3, -0.25) is 4.99 Å². The smallest absolute Gasteiger partial charge is 0.193 e. The largest absolute Gasteiger partial charge is 0.353 e. The standard InChI is InChI=1S/C6H13ClN2/c1-4-5-8-6(7)9(2)3/h4-5H2,1-3H3. The third-order valence-corrected chi connectivity index (χ3v) is 1.29. The second kappa shape index (κ2) is 4.62. The van der Waals surface area contributed by atoms with Crippen molar-refractivity contribution in [1.29, 1.82) is 0 Å². The molecule has 0 saturated heterocycles. The summed E-state index contributed by atoms with van der Waals surface area (Å²) >= 11 is 5.67. The average Bonchev–Trinajstić information content (AvgIpc) is 1.82. The zero-order valence-electron chi connectivity index (χ0n) is 6.19. The predicted molar refractivity (Wildman–Crippen MR) is 42.1 cm³/mol. The van der Waals surface area contributed by atoms with Crippen LogP contribution in [-0.2, 0) is 0 Å². The van der Waals surface area contributed by atoms with Gasteiger partial charge in [-0.25, -0.2) is 0 Å². The summed E-state index contributed by atoms with van der Waals surface area (Å²) in [6.45, 7) is 2.89. The molecule has 0 rings (SSSR count). The van der Waals surface area contributed by atoms with Crippen LogP contribution in [0.25, 0.3) is 0 Å². The number of nitrogens with zero attached hydrogens (tertiary/aromatic N) is 2. The van der Waals surface area contributed by atoms with Crippen LogP contribution in [0.15, 0.2) is 4.99 Å². The summed E-state index contributed by atoms with van der Waals surface area (Å²) in [5.41, 5.74) is 0. The van der Waals surface area contributed by atoms with Crippen LogP contribution < -0.4 is 0 Å². The first kappa shape index (κ1) is 8.76. The fourth-order valence-corrected chi connectivity index (χ4v) is 0.430. The molecule has 0 aliphatic rings. The predicted octanol–water partition coefficient (Wildman–Crippen LogP) is 1.55.